The van der Waals surface area contributed by atoms with Crippen LogP contribution in [-0.2, 0) is 15.9 Å². The summed E-state index contributed by atoms with van der Waals surface area (Å²) in [5.74, 6) is 1.16. The summed E-state index contributed by atoms with van der Waals surface area (Å²) in [6, 6.07) is 5.59. The topological polar surface area (TPSA) is 77.4 Å². The van der Waals surface area contributed by atoms with Gasteiger partial charge in [0.15, 0.2) is 5.60 Å². The van der Waals surface area contributed by atoms with E-state index in [1.807, 2.05) is 18.2 Å². The van der Waals surface area contributed by atoms with E-state index in [-0.39, 0.29) is 25.4 Å². The molecule has 1 aliphatic heterocycles. The Hall–Kier alpha value is -1.34. The molecule has 3 rings (SSSR count). The third-order valence-electron chi connectivity index (χ3n) is 5.03. The molecule has 0 amide bonds. The van der Waals surface area contributed by atoms with Crippen LogP contribution in [0, 0.1) is 5.92 Å². The Morgan fingerprint density at radius 3 is 2.83 bits per heavy atom. The highest BCUT2D eigenvalue weighted by Gasteiger charge is 2.56. The zero-order valence-corrected chi connectivity index (χ0v) is 13.5. The van der Waals surface area contributed by atoms with E-state index in [2.05, 4.69) is 0 Å². The first-order chi connectivity index (χ1) is 11.2. The first kappa shape index (κ1) is 16.5. The highest BCUT2D eigenvalue weighted by atomic mass is 16.7. The number of methoxy groups -OCH3 is 2. The van der Waals surface area contributed by atoms with Crippen LogP contribution in [0.3, 0.4) is 0 Å². The average molecular weight is 324 g/mol. The van der Waals surface area contributed by atoms with Crippen molar-refractivity contribution >= 4 is 0 Å². The minimum atomic E-state index is -0.963. The Kier molecular flexibility index (Phi) is 4.77. The summed E-state index contributed by atoms with van der Waals surface area (Å²) in [5, 5.41) is 20.6. The second-order valence-electron chi connectivity index (χ2n) is 6.17. The Bertz CT molecular complexity index is 546. The van der Waals surface area contributed by atoms with Crippen molar-refractivity contribution in [3.05, 3.63) is 23.8 Å². The molecule has 128 valence electrons. The minimum Gasteiger partial charge on any atom is -0.496 e. The lowest BCUT2D eigenvalue weighted by atomic mass is 9.67. The number of hydrogen-bond acceptors (Lipinski definition) is 6. The lowest BCUT2D eigenvalue weighted by Gasteiger charge is -2.52. The maximum absolute atomic E-state index is 10.5. The molecule has 0 unspecified atom stereocenters. The zero-order chi connectivity index (χ0) is 16.4. The highest BCUT2D eigenvalue weighted by molar-refractivity contribution is 5.47. The summed E-state index contributed by atoms with van der Waals surface area (Å²) in [6.07, 6.45) is 0.909. The smallest absolute Gasteiger partial charge is 0.163 e. The standard InChI is InChI=1S/C17H24O6/c1-20-10-22-16-7-6-13(19)12-8-11-14(21-2)4-3-5-15(11)23-17(12,16)9-18/h3-5,12-13,16,18-19H,6-10H2,1-2H3/t12-,13-,16+,17+/m0/s1. The van der Waals surface area contributed by atoms with Crippen molar-refractivity contribution < 1.29 is 29.2 Å². The van der Waals surface area contributed by atoms with Crippen molar-refractivity contribution in [2.24, 2.45) is 5.92 Å². The van der Waals surface area contributed by atoms with Gasteiger partial charge in [0.25, 0.3) is 0 Å². The van der Waals surface area contributed by atoms with Gasteiger partial charge in [0, 0.05) is 18.6 Å². The summed E-state index contributed by atoms with van der Waals surface area (Å²) in [5.41, 5.74) is -0.0363. The van der Waals surface area contributed by atoms with Gasteiger partial charge in [0.05, 0.1) is 19.8 Å². The molecule has 2 aliphatic rings. The van der Waals surface area contributed by atoms with Gasteiger partial charge in [-0.2, -0.15) is 0 Å². The molecule has 0 spiro atoms. The molecule has 1 heterocycles. The van der Waals surface area contributed by atoms with Gasteiger partial charge in [0.2, 0.25) is 0 Å². The zero-order valence-electron chi connectivity index (χ0n) is 13.5. The van der Waals surface area contributed by atoms with Crippen LogP contribution >= 0.6 is 0 Å². The quantitative estimate of drug-likeness (QED) is 0.791. The molecule has 1 aliphatic carbocycles. The Morgan fingerprint density at radius 1 is 1.30 bits per heavy atom. The van der Waals surface area contributed by atoms with Gasteiger partial charge in [-0.05, 0) is 31.4 Å². The molecule has 0 bridgehead atoms. The molecule has 1 aromatic carbocycles. The lowest BCUT2D eigenvalue weighted by molar-refractivity contribution is -0.219. The largest absolute Gasteiger partial charge is 0.496 e. The predicted molar refractivity (Wildman–Crippen MR) is 82.6 cm³/mol. The average Bonchev–Trinajstić information content (AvgIpc) is 2.59. The monoisotopic (exact) mass is 324 g/mol. The number of hydrogen-bond donors (Lipinski definition) is 2. The summed E-state index contributed by atoms with van der Waals surface area (Å²) in [6.45, 7) is -0.0939. The Morgan fingerprint density at radius 2 is 2.13 bits per heavy atom. The molecule has 6 nitrogen and oxygen atoms in total. The molecule has 6 heteroatoms. The normalized spacial score (nSPS) is 32.6. The van der Waals surface area contributed by atoms with Crippen LogP contribution < -0.4 is 9.47 Å². The molecule has 0 saturated heterocycles. The van der Waals surface area contributed by atoms with Crippen LogP contribution in [0.4, 0.5) is 0 Å². The first-order valence-corrected chi connectivity index (χ1v) is 7.90. The van der Waals surface area contributed by atoms with E-state index < -0.39 is 11.7 Å². The van der Waals surface area contributed by atoms with Crippen LogP contribution in [0.25, 0.3) is 0 Å². The van der Waals surface area contributed by atoms with E-state index in [1.54, 1.807) is 14.2 Å². The van der Waals surface area contributed by atoms with Crippen molar-refractivity contribution in [2.45, 2.75) is 37.1 Å². The molecule has 1 saturated carbocycles. The Balaban J connectivity index is 2.00. The van der Waals surface area contributed by atoms with Crippen molar-refractivity contribution in [3.8, 4) is 11.5 Å². The van der Waals surface area contributed by atoms with Crippen LogP contribution in [0.2, 0.25) is 0 Å². The molecule has 0 aromatic heterocycles. The summed E-state index contributed by atoms with van der Waals surface area (Å²) in [4.78, 5) is 0. The number of aliphatic hydroxyl groups excluding tert-OH is 2. The minimum absolute atomic E-state index is 0.129. The maximum atomic E-state index is 10.5. The molecular weight excluding hydrogens is 300 g/mol. The number of rotatable bonds is 5. The molecular formula is C17H24O6. The molecule has 2 N–H and O–H groups in total. The summed E-state index contributed by atoms with van der Waals surface area (Å²) in [7, 11) is 3.17. The van der Waals surface area contributed by atoms with Gasteiger partial charge in [-0.15, -0.1) is 0 Å². The van der Waals surface area contributed by atoms with Gasteiger partial charge in [-0.3, -0.25) is 0 Å². The van der Waals surface area contributed by atoms with Gasteiger partial charge < -0.3 is 29.2 Å². The SMILES string of the molecule is COCO[C@@H]1CC[C@H](O)[C@@H]2Cc3c(OC)cccc3O[C@@]12CO. The van der Waals surface area contributed by atoms with Crippen molar-refractivity contribution in [3.63, 3.8) is 0 Å². The molecule has 23 heavy (non-hydrogen) atoms. The van der Waals surface area contributed by atoms with Crippen LogP contribution in [0.1, 0.15) is 18.4 Å². The predicted octanol–water partition coefficient (Wildman–Crippen LogP) is 1.12. The van der Waals surface area contributed by atoms with E-state index in [4.69, 9.17) is 18.9 Å². The molecule has 4 atom stereocenters. The fraction of sp³-hybridized carbons (Fsp3) is 0.647. The number of ether oxygens (including phenoxy) is 4. The fourth-order valence-corrected chi connectivity index (χ4v) is 3.87. The third kappa shape index (κ3) is 2.70. The molecule has 0 radical (unpaired) electrons. The van der Waals surface area contributed by atoms with Gasteiger partial charge in [0.1, 0.15) is 24.4 Å². The van der Waals surface area contributed by atoms with Crippen molar-refractivity contribution in [2.75, 3.05) is 27.6 Å². The van der Waals surface area contributed by atoms with Gasteiger partial charge in [-0.1, -0.05) is 6.07 Å². The van der Waals surface area contributed by atoms with Gasteiger partial charge in [-0.25, -0.2) is 0 Å². The van der Waals surface area contributed by atoms with Crippen molar-refractivity contribution in [1.82, 2.24) is 0 Å². The lowest BCUT2D eigenvalue weighted by Crippen LogP contribution is -2.65. The van der Waals surface area contributed by atoms with Crippen LogP contribution in [0.15, 0.2) is 18.2 Å². The molecule has 1 aromatic rings. The summed E-state index contributed by atoms with van der Waals surface area (Å²) >= 11 is 0. The van der Waals surface area contributed by atoms with Crippen LogP contribution in [-0.4, -0.2) is 55.6 Å². The van der Waals surface area contributed by atoms with Crippen molar-refractivity contribution in [1.29, 1.82) is 0 Å². The van der Waals surface area contributed by atoms with Gasteiger partial charge >= 0.3 is 0 Å². The van der Waals surface area contributed by atoms with E-state index in [9.17, 15) is 10.2 Å². The highest BCUT2D eigenvalue weighted by Crippen LogP contribution is 2.48. The number of aliphatic hydroxyl groups is 2. The second kappa shape index (κ2) is 6.65. The van der Waals surface area contributed by atoms with E-state index in [0.717, 1.165) is 11.3 Å². The van der Waals surface area contributed by atoms with E-state index in [1.165, 1.54) is 0 Å². The molecule has 1 fully saturated rings. The Labute approximate surface area is 135 Å². The third-order valence-corrected chi connectivity index (χ3v) is 5.03. The fourth-order valence-electron chi connectivity index (χ4n) is 3.87. The summed E-state index contributed by atoms with van der Waals surface area (Å²) < 4.78 is 22.4. The second-order valence-corrected chi connectivity index (χ2v) is 6.17. The van der Waals surface area contributed by atoms with Crippen LogP contribution in [0.5, 0.6) is 11.5 Å². The number of fused-ring (bicyclic) bond motifs is 2. The van der Waals surface area contributed by atoms with E-state index >= 15 is 0 Å². The first-order valence-electron chi connectivity index (χ1n) is 7.90. The van der Waals surface area contributed by atoms with E-state index in [0.29, 0.717) is 25.0 Å². The maximum Gasteiger partial charge on any atom is 0.163 e. The number of benzene rings is 1.